The highest BCUT2D eigenvalue weighted by atomic mass is 16.3. The molecule has 0 unspecified atom stereocenters. The van der Waals surface area contributed by atoms with Gasteiger partial charge < -0.3 is 5.11 Å². The molecule has 1 nitrogen and oxygen atoms in total. The number of aryl methyl sites for hydroxylation is 2. The molecule has 0 radical (unpaired) electrons. The molecule has 0 atom stereocenters. The van der Waals surface area contributed by atoms with Crippen molar-refractivity contribution < 1.29 is 5.11 Å². The maximum Gasteiger partial charge on any atom is 0.0692 e. The van der Waals surface area contributed by atoms with E-state index in [2.05, 4.69) is 59.7 Å². The van der Waals surface area contributed by atoms with Crippen molar-refractivity contribution in [1.82, 2.24) is 0 Å². The largest absolute Gasteiger partial charge is 0.390 e. The van der Waals surface area contributed by atoms with Crippen LogP contribution in [0, 0.1) is 25.7 Å². The minimum atomic E-state index is -0.565. The summed E-state index contributed by atoms with van der Waals surface area (Å²) >= 11 is 0. The predicted octanol–water partition coefficient (Wildman–Crippen LogP) is 4.67. The summed E-state index contributed by atoms with van der Waals surface area (Å²) in [5.74, 6) is 1.05. The van der Waals surface area contributed by atoms with E-state index in [0.29, 0.717) is 11.8 Å². The summed E-state index contributed by atoms with van der Waals surface area (Å²) in [6.07, 6.45) is 2.51. The highest BCUT2D eigenvalue weighted by Gasteiger charge is 2.29. The molecule has 19 heavy (non-hydrogen) atoms. The Morgan fingerprint density at radius 2 is 1.47 bits per heavy atom. The maximum atomic E-state index is 11.0. The molecule has 0 bridgehead atoms. The van der Waals surface area contributed by atoms with Crippen LogP contribution in [-0.2, 0) is 6.42 Å². The molecule has 0 spiro atoms. The molecule has 1 aromatic carbocycles. The fraction of sp³-hybridized carbons (Fsp3) is 0.667. The molecule has 108 valence electrons. The summed E-state index contributed by atoms with van der Waals surface area (Å²) in [4.78, 5) is 0. The van der Waals surface area contributed by atoms with Gasteiger partial charge in [0, 0.05) is 6.42 Å². The van der Waals surface area contributed by atoms with Gasteiger partial charge in [-0.25, -0.2) is 0 Å². The Labute approximate surface area is 119 Å². The first-order valence-corrected chi connectivity index (χ1v) is 7.50. The molecule has 0 heterocycles. The van der Waals surface area contributed by atoms with Crippen molar-refractivity contribution in [3.8, 4) is 0 Å². The summed E-state index contributed by atoms with van der Waals surface area (Å²) < 4.78 is 0. The van der Waals surface area contributed by atoms with Gasteiger partial charge in [-0.3, -0.25) is 0 Å². The smallest absolute Gasteiger partial charge is 0.0692 e. The third-order valence-corrected chi connectivity index (χ3v) is 3.68. The van der Waals surface area contributed by atoms with Crippen LogP contribution in [0.1, 0.15) is 57.2 Å². The van der Waals surface area contributed by atoms with Gasteiger partial charge in [0.25, 0.3) is 0 Å². The van der Waals surface area contributed by atoms with Gasteiger partial charge in [0.15, 0.2) is 0 Å². The van der Waals surface area contributed by atoms with Crippen molar-refractivity contribution in [2.75, 3.05) is 0 Å². The molecular formula is C18H30O. The molecule has 0 aromatic heterocycles. The van der Waals surface area contributed by atoms with Gasteiger partial charge in [-0.2, -0.15) is 0 Å². The first kappa shape index (κ1) is 16.2. The van der Waals surface area contributed by atoms with Gasteiger partial charge in [0.05, 0.1) is 5.60 Å². The fourth-order valence-corrected chi connectivity index (χ4v) is 3.04. The molecule has 0 aliphatic carbocycles. The van der Waals surface area contributed by atoms with Gasteiger partial charge in [0.1, 0.15) is 0 Å². The van der Waals surface area contributed by atoms with Crippen LogP contribution in [0.4, 0.5) is 0 Å². The van der Waals surface area contributed by atoms with Crippen LogP contribution >= 0.6 is 0 Å². The molecule has 0 aliphatic heterocycles. The van der Waals surface area contributed by atoms with Crippen LogP contribution in [-0.4, -0.2) is 10.7 Å². The van der Waals surface area contributed by atoms with Crippen molar-refractivity contribution in [3.05, 3.63) is 34.9 Å². The van der Waals surface area contributed by atoms with E-state index in [9.17, 15) is 5.11 Å². The van der Waals surface area contributed by atoms with Gasteiger partial charge in [-0.1, -0.05) is 45.9 Å². The SMILES string of the molecule is Cc1ccc(CC(O)(CC(C)C)CC(C)C)cc1C. The predicted molar refractivity (Wildman–Crippen MR) is 83.5 cm³/mol. The molecule has 0 aliphatic rings. The van der Waals surface area contributed by atoms with Gasteiger partial charge >= 0.3 is 0 Å². The van der Waals surface area contributed by atoms with Crippen LogP contribution < -0.4 is 0 Å². The zero-order chi connectivity index (χ0) is 14.6. The summed E-state index contributed by atoms with van der Waals surface area (Å²) in [6.45, 7) is 13.0. The topological polar surface area (TPSA) is 20.2 Å². The van der Waals surface area contributed by atoms with Crippen molar-refractivity contribution in [3.63, 3.8) is 0 Å². The Hall–Kier alpha value is -0.820. The Bertz CT molecular complexity index is 394. The zero-order valence-electron chi connectivity index (χ0n) is 13.5. The standard InChI is InChI=1S/C18H30O/c1-13(2)10-18(19,11-14(3)4)12-17-8-7-15(5)16(6)9-17/h7-9,13-14,19H,10-12H2,1-6H3. The molecule has 1 rings (SSSR count). The first-order valence-electron chi connectivity index (χ1n) is 7.50. The van der Waals surface area contributed by atoms with E-state index in [1.165, 1.54) is 16.7 Å². The molecule has 1 aromatic rings. The van der Waals surface area contributed by atoms with Crippen molar-refractivity contribution in [2.24, 2.45) is 11.8 Å². The van der Waals surface area contributed by atoms with Gasteiger partial charge in [-0.15, -0.1) is 0 Å². The number of hydrogen-bond donors (Lipinski definition) is 1. The summed E-state index contributed by atoms with van der Waals surface area (Å²) in [6, 6.07) is 6.55. The molecule has 0 fully saturated rings. The van der Waals surface area contributed by atoms with Crippen LogP contribution in [0.5, 0.6) is 0 Å². The quantitative estimate of drug-likeness (QED) is 0.790. The van der Waals surface area contributed by atoms with Crippen molar-refractivity contribution in [2.45, 2.75) is 66.4 Å². The summed E-state index contributed by atoms with van der Waals surface area (Å²) in [7, 11) is 0. The first-order chi connectivity index (χ1) is 8.72. The molecule has 1 heteroatoms. The molecular weight excluding hydrogens is 232 g/mol. The molecule has 0 saturated heterocycles. The third-order valence-electron chi connectivity index (χ3n) is 3.68. The monoisotopic (exact) mass is 262 g/mol. The Morgan fingerprint density at radius 1 is 0.947 bits per heavy atom. The van der Waals surface area contributed by atoms with E-state index < -0.39 is 5.60 Å². The second-order valence-electron chi connectivity index (χ2n) is 7.02. The lowest BCUT2D eigenvalue weighted by atomic mass is 9.80. The summed E-state index contributed by atoms with van der Waals surface area (Å²) in [5, 5.41) is 11.0. The third kappa shape index (κ3) is 5.36. The van der Waals surface area contributed by atoms with Gasteiger partial charge in [-0.05, 0) is 55.2 Å². The van der Waals surface area contributed by atoms with E-state index in [1.54, 1.807) is 0 Å². The highest BCUT2D eigenvalue weighted by Crippen LogP contribution is 2.29. The Morgan fingerprint density at radius 3 is 1.89 bits per heavy atom. The average molecular weight is 262 g/mol. The average Bonchev–Trinajstić information content (AvgIpc) is 2.20. The molecule has 1 N–H and O–H groups in total. The normalized spacial score (nSPS) is 12.5. The van der Waals surface area contributed by atoms with E-state index in [0.717, 1.165) is 19.3 Å². The Balaban J connectivity index is 2.89. The van der Waals surface area contributed by atoms with Crippen molar-refractivity contribution in [1.29, 1.82) is 0 Å². The number of hydrogen-bond acceptors (Lipinski definition) is 1. The second kappa shape index (κ2) is 6.56. The van der Waals surface area contributed by atoms with E-state index in [-0.39, 0.29) is 0 Å². The second-order valence-corrected chi connectivity index (χ2v) is 7.02. The van der Waals surface area contributed by atoms with Crippen LogP contribution in [0.3, 0.4) is 0 Å². The Kier molecular flexibility index (Phi) is 5.61. The van der Waals surface area contributed by atoms with Crippen LogP contribution in [0.25, 0.3) is 0 Å². The zero-order valence-corrected chi connectivity index (χ0v) is 13.5. The lowest BCUT2D eigenvalue weighted by Gasteiger charge is -2.32. The summed E-state index contributed by atoms with van der Waals surface area (Å²) in [5.41, 5.74) is 3.32. The van der Waals surface area contributed by atoms with Crippen molar-refractivity contribution >= 4 is 0 Å². The van der Waals surface area contributed by atoms with Crippen LogP contribution in [0.2, 0.25) is 0 Å². The molecule has 0 saturated carbocycles. The lowest BCUT2D eigenvalue weighted by Crippen LogP contribution is -2.35. The molecule has 0 amide bonds. The fourth-order valence-electron chi connectivity index (χ4n) is 3.04. The van der Waals surface area contributed by atoms with Gasteiger partial charge in [0.2, 0.25) is 0 Å². The number of rotatable bonds is 6. The van der Waals surface area contributed by atoms with E-state index >= 15 is 0 Å². The maximum absolute atomic E-state index is 11.0. The number of aliphatic hydroxyl groups is 1. The lowest BCUT2D eigenvalue weighted by molar-refractivity contribution is 0.000737. The minimum absolute atomic E-state index is 0.523. The highest BCUT2D eigenvalue weighted by molar-refractivity contribution is 5.30. The minimum Gasteiger partial charge on any atom is -0.390 e. The van der Waals surface area contributed by atoms with E-state index in [1.807, 2.05) is 0 Å². The van der Waals surface area contributed by atoms with E-state index in [4.69, 9.17) is 0 Å². The van der Waals surface area contributed by atoms with Crippen LogP contribution in [0.15, 0.2) is 18.2 Å². The number of benzene rings is 1.